The normalized spacial score (nSPS) is 18.6. The van der Waals surface area contributed by atoms with Gasteiger partial charge < -0.3 is 24.6 Å². The third-order valence-corrected chi connectivity index (χ3v) is 6.86. The summed E-state index contributed by atoms with van der Waals surface area (Å²) in [6.07, 6.45) is -0.174. The summed E-state index contributed by atoms with van der Waals surface area (Å²) >= 11 is 0. The van der Waals surface area contributed by atoms with E-state index in [1.165, 1.54) is 17.0 Å². The van der Waals surface area contributed by atoms with E-state index in [1.807, 2.05) is 32.9 Å². The lowest BCUT2D eigenvalue weighted by molar-refractivity contribution is -0.141. The first kappa shape index (κ1) is 28.0. The van der Waals surface area contributed by atoms with E-state index in [4.69, 9.17) is 9.26 Å². The van der Waals surface area contributed by atoms with Crippen molar-refractivity contribution in [2.75, 3.05) is 13.2 Å². The molecule has 3 aromatic rings. The highest BCUT2D eigenvalue weighted by Crippen LogP contribution is 2.32. The maximum Gasteiger partial charge on any atom is 0.254 e. The van der Waals surface area contributed by atoms with Crippen LogP contribution in [0.4, 0.5) is 4.39 Å². The number of aliphatic hydroxyl groups is 1. The van der Waals surface area contributed by atoms with E-state index in [-0.39, 0.29) is 54.8 Å². The monoisotopic (exact) mass is 537 g/mol. The van der Waals surface area contributed by atoms with Gasteiger partial charge in [-0.05, 0) is 35.2 Å². The molecule has 0 bridgehead atoms. The van der Waals surface area contributed by atoms with Crippen LogP contribution in [0.3, 0.4) is 0 Å². The fourth-order valence-corrected chi connectivity index (χ4v) is 4.87. The quantitative estimate of drug-likeness (QED) is 0.379. The van der Waals surface area contributed by atoms with E-state index < -0.39 is 24.1 Å². The number of rotatable bonds is 10. The molecule has 1 aliphatic heterocycles. The summed E-state index contributed by atoms with van der Waals surface area (Å²) in [7, 11) is 0. The molecular weight excluding hydrogens is 505 g/mol. The number of hydrogen-bond donors (Lipinski definition) is 2. The maximum atomic E-state index is 14.1. The molecule has 0 spiro atoms. The van der Waals surface area contributed by atoms with Crippen molar-refractivity contribution in [2.45, 2.75) is 51.3 Å². The van der Waals surface area contributed by atoms with Gasteiger partial charge in [0.2, 0.25) is 11.8 Å². The number of amides is 2. The molecule has 0 saturated carbocycles. The number of nitrogens with zero attached hydrogens (tertiary/aromatic N) is 2. The highest BCUT2D eigenvalue weighted by Gasteiger charge is 2.43. The second-order valence-corrected chi connectivity index (χ2v) is 9.99. The fourth-order valence-electron chi connectivity index (χ4n) is 4.87. The molecule has 206 valence electrons. The summed E-state index contributed by atoms with van der Waals surface area (Å²) in [5, 5.41) is 17.1. The molecule has 2 amide bonds. The summed E-state index contributed by atoms with van der Waals surface area (Å²) in [6.45, 7) is 5.31. The molecule has 0 radical (unpaired) electrons. The van der Waals surface area contributed by atoms with Crippen molar-refractivity contribution >= 4 is 18.1 Å². The largest absolute Gasteiger partial charge is 0.468 e. The second-order valence-electron chi connectivity index (χ2n) is 9.99. The molecule has 1 saturated heterocycles. The van der Waals surface area contributed by atoms with E-state index >= 15 is 0 Å². The highest BCUT2D eigenvalue weighted by molar-refractivity contribution is 5.91. The molecule has 1 aromatic heterocycles. The van der Waals surface area contributed by atoms with Crippen LogP contribution in [0.2, 0.25) is 0 Å². The Kier molecular flexibility index (Phi) is 8.75. The van der Waals surface area contributed by atoms with E-state index in [1.54, 1.807) is 30.3 Å². The third-order valence-electron chi connectivity index (χ3n) is 6.86. The van der Waals surface area contributed by atoms with Crippen LogP contribution in [-0.2, 0) is 14.4 Å². The Hall–Kier alpha value is -4.05. The Labute approximate surface area is 225 Å². The van der Waals surface area contributed by atoms with Crippen LogP contribution in [0.25, 0.3) is 11.1 Å². The minimum atomic E-state index is -0.873. The number of benzene rings is 2. The molecule has 2 N–H and O–H groups in total. The Morgan fingerprint density at radius 2 is 1.92 bits per heavy atom. The maximum absolute atomic E-state index is 14.1. The molecule has 1 fully saturated rings. The average Bonchev–Trinajstić information content (AvgIpc) is 3.54. The third kappa shape index (κ3) is 6.34. The Morgan fingerprint density at radius 3 is 2.59 bits per heavy atom. The topological polar surface area (TPSA) is 122 Å². The van der Waals surface area contributed by atoms with E-state index in [9.17, 15) is 23.9 Å². The van der Waals surface area contributed by atoms with Gasteiger partial charge in [-0.3, -0.25) is 14.4 Å². The SMILES string of the molecule is CC(NC(=O)[C@@H]1C[C@@H](O)CN1C(=O)C(c1cc(OCC=O)no1)C(C)C)c1ccc(-c2ccccc2F)cc1. The number of aliphatic hydroxyl groups excluding tert-OH is 1. The van der Waals surface area contributed by atoms with Crippen molar-refractivity contribution in [3.05, 3.63) is 71.7 Å². The van der Waals surface area contributed by atoms with Crippen LogP contribution in [0.1, 0.15) is 50.5 Å². The Balaban J connectivity index is 1.47. The Bertz CT molecular complexity index is 1310. The summed E-state index contributed by atoms with van der Waals surface area (Å²) in [6, 6.07) is 13.9. The van der Waals surface area contributed by atoms with E-state index in [0.717, 1.165) is 11.1 Å². The number of β-amino-alcohol motifs (C(OH)–C–C–N with tert-alkyl or cyclic N) is 1. The van der Waals surface area contributed by atoms with Gasteiger partial charge >= 0.3 is 0 Å². The number of nitrogens with one attached hydrogen (secondary N) is 1. The molecule has 0 aliphatic carbocycles. The second kappa shape index (κ2) is 12.2. The van der Waals surface area contributed by atoms with Gasteiger partial charge in [0, 0.05) is 24.6 Å². The summed E-state index contributed by atoms with van der Waals surface area (Å²) in [5.41, 5.74) is 2.02. The molecule has 2 aromatic carbocycles. The number of aldehydes is 1. The molecule has 39 heavy (non-hydrogen) atoms. The molecule has 4 rings (SSSR count). The van der Waals surface area contributed by atoms with Crippen molar-refractivity contribution in [2.24, 2.45) is 5.92 Å². The number of halogens is 1. The van der Waals surface area contributed by atoms with Gasteiger partial charge in [-0.15, -0.1) is 0 Å². The van der Waals surface area contributed by atoms with E-state index in [0.29, 0.717) is 11.8 Å². The zero-order valence-corrected chi connectivity index (χ0v) is 22.0. The van der Waals surface area contributed by atoms with Crippen LogP contribution in [0.15, 0.2) is 59.1 Å². The van der Waals surface area contributed by atoms with Gasteiger partial charge in [0.15, 0.2) is 12.0 Å². The minimum Gasteiger partial charge on any atom is -0.468 e. The number of hydrogen-bond acceptors (Lipinski definition) is 7. The van der Waals surface area contributed by atoms with Gasteiger partial charge in [0.25, 0.3) is 5.88 Å². The van der Waals surface area contributed by atoms with Gasteiger partial charge in [0.1, 0.15) is 24.4 Å². The van der Waals surface area contributed by atoms with Crippen LogP contribution < -0.4 is 10.1 Å². The van der Waals surface area contributed by atoms with Crippen molar-refractivity contribution in [3.8, 4) is 17.0 Å². The van der Waals surface area contributed by atoms with Crippen LogP contribution >= 0.6 is 0 Å². The van der Waals surface area contributed by atoms with Crippen LogP contribution in [0.5, 0.6) is 5.88 Å². The fraction of sp³-hybridized carbons (Fsp3) is 0.379. The van der Waals surface area contributed by atoms with E-state index in [2.05, 4.69) is 10.5 Å². The summed E-state index contributed by atoms with van der Waals surface area (Å²) < 4.78 is 24.6. The van der Waals surface area contributed by atoms with Gasteiger partial charge in [-0.1, -0.05) is 56.3 Å². The summed E-state index contributed by atoms with van der Waals surface area (Å²) in [5.74, 6) is -1.72. The van der Waals surface area contributed by atoms with Gasteiger partial charge in [0.05, 0.1) is 12.1 Å². The number of carbonyl (C=O) groups is 3. The smallest absolute Gasteiger partial charge is 0.254 e. The predicted octanol–water partition coefficient (Wildman–Crippen LogP) is 3.64. The lowest BCUT2D eigenvalue weighted by Crippen LogP contribution is -2.48. The lowest BCUT2D eigenvalue weighted by atomic mass is 9.91. The number of aromatic nitrogens is 1. The first-order valence-corrected chi connectivity index (χ1v) is 12.9. The number of likely N-dealkylation sites (tertiary alicyclic amines) is 1. The van der Waals surface area contributed by atoms with Crippen LogP contribution in [0, 0.1) is 11.7 Å². The van der Waals surface area contributed by atoms with Crippen molar-refractivity contribution in [1.82, 2.24) is 15.4 Å². The van der Waals surface area contributed by atoms with Crippen molar-refractivity contribution in [1.29, 1.82) is 0 Å². The van der Waals surface area contributed by atoms with Crippen LogP contribution in [-0.4, -0.2) is 58.6 Å². The molecule has 4 atom stereocenters. The zero-order chi connectivity index (χ0) is 28.1. The van der Waals surface area contributed by atoms with Crippen molar-refractivity contribution < 1.29 is 33.1 Å². The molecule has 10 heteroatoms. The standard InChI is InChI=1S/C29H32FN3O6/c1-17(2)27(25-15-26(32-39-25)38-13-12-34)29(37)33-16-21(35)14-24(33)28(36)31-18(3)19-8-10-20(11-9-19)22-6-4-5-7-23(22)30/h4-12,15,17-18,21,24,27,35H,13-14,16H2,1-3H3,(H,31,36)/t18?,21-,24+,27?/m1/s1. The molecular formula is C29H32FN3O6. The Morgan fingerprint density at radius 1 is 1.21 bits per heavy atom. The lowest BCUT2D eigenvalue weighted by Gasteiger charge is -2.29. The van der Waals surface area contributed by atoms with Crippen molar-refractivity contribution in [3.63, 3.8) is 0 Å². The van der Waals surface area contributed by atoms with Gasteiger partial charge in [-0.25, -0.2) is 4.39 Å². The molecule has 1 aliphatic rings. The van der Waals surface area contributed by atoms with Gasteiger partial charge in [-0.2, -0.15) is 0 Å². The molecule has 2 heterocycles. The number of ether oxygens (including phenoxy) is 1. The first-order chi connectivity index (χ1) is 18.7. The minimum absolute atomic E-state index is 0.00843. The summed E-state index contributed by atoms with van der Waals surface area (Å²) in [4.78, 5) is 38.9. The zero-order valence-electron chi connectivity index (χ0n) is 22.0. The average molecular weight is 538 g/mol. The first-order valence-electron chi connectivity index (χ1n) is 12.9. The number of carbonyl (C=O) groups excluding carboxylic acids is 3. The molecule has 2 unspecified atom stereocenters. The predicted molar refractivity (Wildman–Crippen MR) is 140 cm³/mol. The molecule has 9 nitrogen and oxygen atoms in total. The highest BCUT2D eigenvalue weighted by atomic mass is 19.1.